The van der Waals surface area contributed by atoms with Crippen LogP contribution in [-0.4, -0.2) is 14.2 Å². The molecule has 0 aliphatic carbocycles. The van der Waals surface area contributed by atoms with E-state index >= 15 is 0 Å². The maximum absolute atomic E-state index is 13.7. The molecule has 0 unspecified atom stereocenters. The number of ether oxygens (including phenoxy) is 2. The van der Waals surface area contributed by atoms with Crippen LogP contribution < -0.4 is 14.8 Å². The Kier molecular flexibility index (Phi) is 4.69. The molecule has 106 valence electrons. The van der Waals surface area contributed by atoms with Gasteiger partial charge < -0.3 is 14.8 Å². The Hall–Kier alpha value is -1.94. The van der Waals surface area contributed by atoms with Crippen LogP contribution in [-0.2, 0) is 6.54 Å². The van der Waals surface area contributed by atoms with Gasteiger partial charge in [-0.2, -0.15) is 0 Å². The Morgan fingerprint density at radius 1 is 1.10 bits per heavy atom. The molecule has 5 heteroatoms. The number of hydrogen-bond acceptors (Lipinski definition) is 3. The van der Waals surface area contributed by atoms with Gasteiger partial charge in [0, 0.05) is 23.2 Å². The zero-order chi connectivity index (χ0) is 14.5. The number of methoxy groups -OCH3 is 2. The summed E-state index contributed by atoms with van der Waals surface area (Å²) in [5, 5.41) is 3.51. The fourth-order valence-corrected chi connectivity index (χ4v) is 1.97. The van der Waals surface area contributed by atoms with Crippen LogP contribution in [0.15, 0.2) is 36.4 Å². The van der Waals surface area contributed by atoms with Gasteiger partial charge in [-0.1, -0.05) is 17.7 Å². The van der Waals surface area contributed by atoms with Crippen molar-refractivity contribution in [1.82, 2.24) is 0 Å². The number of nitrogens with one attached hydrogen (secondary N) is 1. The molecule has 2 aromatic carbocycles. The van der Waals surface area contributed by atoms with Gasteiger partial charge in [0.05, 0.1) is 19.9 Å². The molecule has 0 saturated carbocycles. The number of hydrogen-bond donors (Lipinski definition) is 1. The third-order valence-electron chi connectivity index (χ3n) is 2.89. The summed E-state index contributed by atoms with van der Waals surface area (Å²) < 4.78 is 24.1. The van der Waals surface area contributed by atoms with Crippen LogP contribution in [0.25, 0.3) is 0 Å². The molecule has 2 aromatic rings. The molecule has 0 fully saturated rings. The first kappa shape index (κ1) is 14.5. The van der Waals surface area contributed by atoms with E-state index in [1.54, 1.807) is 44.6 Å². The molecular weight excluding hydrogens is 281 g/mol. The molecule has 0 saturated heterocycles. The summed E-state index contributed by atoms with van der Waals surface area (Å²) in [5.41, 5.74) is 1.26. The molecule has 2 rings (SSSR count). The van der Waals surface area contributed by atoms with Crippen molar-refractivity contribution in [2.24, 2.45) is 0 Å². The molecule has 1 N–H and O–H groups in total. The highest BCUT2D eigenvalue weighted by atomic mass is 35.5. The molecular formula is C15H15ClFNO2. The molecule has 0 bridgehead atoms. The Balaban J connectivity index is 2.17. The van der Waals surface area contributed by atoms with Gasteiger partial charge in [-0.05, 0) is 24.3 Å². The van der Waals surface area contributed by atoms with E-state index < -0.39 is 0 Å². The number of rotatable bonds is 5. The standard InChI is InChI=1S/C15H15ClFNO2/c1-19-12-5-6-15(20-2)14(8-12)18-9-10-3-4-11(16)7-13(10)17/h3-8,18H,9H2,1-2H3. The lowest BCUT2D eigenvalue weighted by atomic mass is 10.2. The monoisotopic (exact) mass is 295 g/mol. The Morgan fingerprint density at radius 2 is 1.90 bits per heavy atom. The minimum Gasteiger partial charge on any atom is -0.497 e. The molecule has 0 aliphatic rings. The van der Waals surface area contributed by atoms with E-state index in [9.17, 15) is 4.39 Å². The maximum Gasteiger partial charge on any atom is 0.142 e. The van der Waals surface area contributed by atoms with Crippen molar-refractivity contribution in [2.75, 3.05) is 19.5 Å². The number of anilines is 1. The second-order valence-electron chi connectivity index (χ2n) is 4.16. The van der Waals surface area contributed by atoms with Crippen molar-refractivity contribution in [1.29, 1.82) is 0 Å². The van der Waals surface area contributed by atoms with Crippen molar-refractivity contribution < 1.29 is 13.9 Å². The molecule has 0 aromatic heterocycles. The molecule has 0 aliphatic heterocycles. The normalized spacial score (nSPS) is 10.2. The topological polar surface area (TPSA) is 30.5 Å². The van der Waals surface area contributed by atoms with E-state index in [4.69, 9.17) is 21.1 Å². The Labute approximate surface area is 122 Å². The van der Waals surface area contributed by atoms with Crippen LogP contribution in [0, 0.1) is 5.82 Å². The molecule has 0 heterocycles. The largest absolute Gasteiger partial charge is 0.497 e. The minimum absolute atomic E-state index is 0.326. The van der Waals surface area contributed by atoms with Crippen LogP contribution in [0.4, 0.5) is 10.1 Å². The first-order chi connectivity index (χ1) is 9.63. The lowest BCUT2D eigenvalue weighted by molar-refractivity contribution is 0.404. The lowest BCUT2D eigenvalue weighted by Crippen LogP contribution is -2.03. The van der Waals surface area contributed by atoms with Gasteiger partial charge in [-0.15, -0.1) is 0 Å². The quantitative estimate of drug-likeness (QED) is 0.900. The number of benzene rings is 2. The molecule has 3 nitrogen and oxygen atoms in total. The summed E-state index contributed by atoms with van der Waals surface area (Å²) in [6.45, 7) is 0.326. The summed E-state index contributed by atoms with van der Waals surface area (Å²) in [6.07, 6.45) is 0. The summed E-state index contributed by atoms with van der Waals surface area (Å²) in [6, 6.07) is 9.99. The van der Waals surface area contributed by atoms with Crippen LogP contribution in [0.5, 0.6) is 11.5 Å². The zero-order valence-electron chi connectivity index (χ0n) is 11.2. The Bertz CT molecular complexity index is 604. The maximum atomic E-state index is 13.7. The van der Waals surface area contributed by atoms with Gasteiger partial charge >= 0.3 is 0 Å². The van der Waals surface area contributed by atoms with E-state index in [1.165, 1.54) is 6.07 Å². The van der Waals surface area contributed by atoms with Crippen molar-refractivity contribution in [2.45, 2.75) is 6.54 Å². The third-order valence-corrected chi connectivity index (χ3v) is 3.13. The molecule has 0 radical (unpaired) electrons. The van der Waals surface area contributed by atoms with Crippen LogP contribution in [0.3, 0.4) is 0 Å². The molecule has 0 amide bonds. The number of halogens is 2. The van der Waals surface area contributed by atoms with Gasteiger partial charge in [-0.25, -0.2) is 4.39 Å². The van der Waals surface area contributed by atoms with Crippen LogP contribution in [0.1, 0.15) is 5.56 Å². The summed E-state index contributed by atoms with van der Waals surface area (Å²) in [4.78, 5) is 0. The summed E-state index contributed by atoms with van der Waals surface area (Å²) in [7, 11) is 3.17. The summed E-state index contributed by atoms with van der Waals surface area (Å²) in [5.74, 6) is 1.02. The van der Waals surface area contributed by atoms with Gasteiger partial charge in [0.2, 0.25) is 0 Å². The second kappa shape index (κ2) is 6.48. The van der Waals surface area contributed by atoms with E-state index in [-0.39, 0.29) is 5.82 Å². The first-order valence-electron chi connectivity index (χ1n) is 6.04. The van der Waals surface area contributed by atoms with Gasteiger partial charge in [0.25, 0.3) is 0 Å². The van der Waals surface area contributed by atoms with E-state index in [0.717, 1.165) is 5.69 Å². The highest BCUT2D eigenvalue weighted by molar-refractivity contribution is 6.30. The average molecular weight is 296 g/mol. The van der Waals surface area contributed by atoms with Crippen molar-refractivity contribution in [3.05, 3.63) is 52.8 Å². The van der Waals surface area contributed by atoms with Gasteiger partial charge in [0.1, 0.15) is 17.3 Å². The van der Waals surface area contributed by atoms with Crippen molar-refractivity contribution >= 4 is 17.3 Å². The molecule has 20 heavy (non-hydrogen) atoms. The van der Waals surface area contributed by atoms with E-state index in [2.05, 4.69) is 5.32 Å². The minimum atomic E-state index is -0.341. The van der Waals surface area contributed by atoms with Crippen molar-refractivity contribution in [3.63, 3.8) is 0 Å². The fourth-order valence-electron chi connectivity index (χ4n) is 1.81. The predicted molar refractivity (Wildman–Crippen MR) is 78.3 cm³/mol. The molecule has 0 atom stereocenters. The SMILES string of the molecule is COc1ccc(OC)c(NCc2ccc(Cl)cc2F)c1. The Morgan fingerprint density at radius 3 is 2.55 bits per heavy atom. The third kappa shape index (κ3) is 3.33. The lowest BCUT2D eigenvalue weighted by Gasteiger charge is -2.13. The highest BCUT2D eigenvalue weighted by Crippen LogP contribution is 2.29. The van der Waals surface area contributed by atoms with Crippen LogP contribution in [0.2, 0.25) is 5.02 Å². The first-order valence-corrected chi connectivity index (χ1v) is 6.41. The van der Waals surface area contributed by atoms with Crippen molar-refractivity contribution in [3.8, 4) is 11.5 Å². The average Bonchev–Trinajstić information content (AvgIpc) is 2.46. The highest BCUT2D eigenvalue weighted by Gasteiger charge is 2.07. The van der Waals surface area contributed by atoms with E-state index in [1.807, 2.05) is 0 Å². The summed E-state index contributed by atoms with van der Waals surface area (Å²) >= 11 is 5.72. The zero-order valence-corrected chi connectivity index (χ0v) is 12.0. The van der Waals surface area contributed by atoms with E-state index in [0.29, 0.717) is 28.6 Å². The van der Waals surface area contributed by atoms with Crippen LogP contribution >= 0.6 is 11.6 Å². The smallest absolute Gasteiger partial charge is 0.142 e. The van der Waals surface area contributed by atoms with Gasteiger partial charge in [-0.3, -0.25) is 0 Å². The predicted octanol–water partition coefficient (Wildman–Crippen LogP) is 4.11. The molecule has 0 spiro atoms. The second-order valence-corrected chi connectivity index (χ2v) is 4.59. The van der Waals surface area contributed by atoms with Gasteiger partial charge in [0.15, 0.2) is 0 Å². The fraction of sp³-hybridized carbons (Fsp3) is 0.200.